The second kappa shape index (κ2) is 11.1. The maximum absolute atomic E-state index is 12.6. The van der Waals surface area contributed by atoms with Gasteiger partial charge >= 0.3 is 12.1 Å². The fraction of sp³-hybridized carbons (Fsp3) is 0.364. The highest BCUT2D eigenvalue weighted by Gasteiger charge is 2.25. The van der Waals surface area contributed by atoms with Crippen LogP contribution in [0, 0.1) is 5.92 Å². The highest BCUT2D eigenvalue weighted by atomic mass is 35.5. The lowest BCUT2D eigenvalue weighted by atomic mass is 10.0. The minimum Gasteiger partial charge on any atom is -0.467 e. The van der Waals surface area contributed by atoms with E-state index in [1.165, 1.54) is 7.11 Å². The molecule has 0 radical (unpaired) electrons. The third-order valence-corrected chi connectivity index (χ3v) is 4.73. The van der Waals surface area contributed by atoms with E-state index in [4.69, 9.17) is 32.7 Å². The Hall–Kier alpha value is -2.24. The van der Waals surface area contributed by atoms with E-state index in [-0.39, 0.29) is 5.92 Å². The molecule has 0 aliphatic carbocycles. The van der Waals surface area contributed by atoms with E-state index < -0.39 is 24.2 Å². The third kappa shape index (κ3) is 7.59. The Morgan fingerprint density at radius 1 is 1.03 bits per heavy atom. The van der Waals surface area contributed by atoms with Crippen LogP contribution in [0.1, 0.15) is 37.5 Å². The molecule has 7 heteroatoms. The predicted molar refractivity (Wildman–Crippen MR) is 114 cm³/mol. The van der Waals surface area contributed by atoms with Gasteiger partial charge in [0.1, 0.15) is 12.1 Å². The van der Waals surface area contributed by atoms with Gasteiger partial charge in [0, 0.05) is 16.5 Å². The molecule has 156 valence electrons. The van der Waals surface area contributed by atoms with E-state index in [9.17, 15) is 9.59 Å². The maximum Gasteiger partial charge on any atom is 0.408 e. The van der Waals surface area contributed by atoms with Gasteiger partial charge in [0.05, 0.1) is 7.11 Å². The van der Waals surface area contributed by atoms with E-state index in [0.717, 1.165) is 11.1 Å². The first kappa shape index (κ1) is 23.0. The molecule has 0 saturated carbocycles. The lowest BCUT2D eigenvalue weighted by Crippen LogP contribution is -2.43. The Morgan fingerprint density at radius 2 is 1.69 bits per heavy atom. The largest absolute Gasteiger partial charge is 0.467 e. The Morgan fingerprint density at radius 3 is 2.28 bits per heavy atom. The first-order valence-corrected chi connectivity index (χ1v) is 10.1. The summed E-state index contributed by atoms with van der Waals surface area (Å²) in [5, 5.41) is 3.75. The van der Waals surface area contributed by atoms with Crippen molar-refractivity contribution >= 4 is 35.3 Å². The topological polar surface area (TPSA) is 64.6 Å². The zero-order valence-electron chi connectivity index (χ0n) is 16.7. The molecule has 0 spiro atoms. The Balaban J connectivity index is 2.19. The number of carbonyl (C=O) groups is 2. The summed E-state index contributed by atoms with van der Waals surface area (Å²) in [6.45, 7) is 3.91. The standard InChI is InChI=1S/C22H25Cl2NO4/c1-14(2)10-19(21(26)28-3)25-22(27)29-20(16-7-5-9-18(24)13-16)12-15-6-4-8-17(23)11-15/h4-9,11,13-14,19-20H,10,12H2,1-3H3,(H,25,27). The minimum atomic E-state index is -0.779. The van der Waals surface area contributed by atoms with Gasteiger partial charge in [-0.3, -0.25) is 0 Å². The van der Waals surface area contributed by atoms with Crippen molar-refractivity contribution in [3.8, 4) is 0 Å². The summed E-state index contributed by atoms with van der Waals surface area (Å²) in [6.07, 6.45) is -0.461. The highest BCUT2D eigenvalue weighted by Crippen LogP contribution is 2.26. The van der Waals surface area contributed by atoms with Crippen molar-refractivity contribution in [3.63, 3.8) is 0 Å². The molecule has 0 saturated heterocycles. The van der Waals surface area contributed by atoms with Crippen LogP contribution in [0.5, 0.6) is 0 Å². The zero-order valence-corrected chi connectivity index (χ0v) is 18.2. The lowest BCUT2D eigenvalue weighted by molar-refractivity contribution is -0.143. The Labute approximate surface area is 181 Å². The SMILES string of the molecule is COC(=O)C(CC(C)C)NC(=O)OC(Cc1cccc(Cl)c1)c1cccc(Cl)c1. The van der Waals surface area contributed by atoms with E-state index in [2.05, 4.69) is 5.32 Å². The molecule has 0 heterocycles. The first-order chi connectivity index (χ1) is 13.8. The Bertz CT molecular complexity index is 841. The monoisotopic (exact) mass is 437 g/mol. The van der Waals surface area contributed by atoms with Gasteiger partial charge in [0.2, 0.25) is 0 Å². The maximum atomic E-state index is 12.6. The van der Waals surface area contributed by atoms with Crippen molar-refractivity contribution in [2.75, 3.05) is 7.11 Å². The van der Waals surface area contributed by atoms with E-state index in [1.807, 2.05) is 38.1 Å². The molecule has 2 aromatic rings. The molecule has 0 aliphatic heterocycles. The molecular weight excluding hydrogens is 413 g/mol. The van der Waals surface area contributed by atoms with Crippen LogP contribution in [-0.4, -0.2) is 25.2 Å². The van der Waals surface area contributed by atoms with Crippen molar-refractivity contribution in [1.82, 2.24) is 5.32 Å². The number of hydrogen-bond acceptors (Lipinski definition) is 4. The van der Waals surface area contributed by atoms with Crippen molar-refractivity contribution in [2.24, 2.45) is 5.92 Å². The second-order valence-electron chi connectivity index (χ2n) is 7.13. The first-order valence-electron chi connectivity index (χ1n) is 9.33. The second-order valence-corrected chi connectivity index (χ2v) is 8.01. The van der Waals surface area contributed by atoms with E-state index in [1.54, 1.807) is 24.3 Å². The predicted octanol–water partition coefficient (Wildman–Crippen LogP) is 5.59. The highest BCUT2D eigenvalue weighted by molar-refractivity contribution is 6.30. The van der Waals surface area contributed by atoms with Gasteiger partial charge in [-0.2, -0.15) is 0 Å². The van der Waals surface area contributed by atoms with Crippen LogP contribution in [0.3, 0.4) is 0 Å². The summed E-state index contributed by atoms with van der Waals surface area (Å²) in [5.41, 5.74) is 1.65. The number of hydrogen-bond donors (Lipinski definition) is 1. The average molecular weight is 438 g/mol. The third-order valence-electron chi connectivity index (χ3n) is 4.26. The number of halogens is 2. The molecule has 0 fully saturated rings. The average Bonchev–Trinajstić information content (AvgIpc) is 2.66. The number of carbonyl (C=O) groups excluding carboxylic acids is 2. The number of rotatable bonds is 8. The molecule has 1 amide bonds. The number of ether oxygens (including phenoxy) is 2. The zero-order chi connectivity index (χ0) is 21.4. The van der Waals surface area contributed by atoms with Gasteiger partial charge in [-0.05, 0) is 47.7 Å². The summed E-state index contributed by atoms with van der Waals surface area (Å²) >= 11 is 12.2. The summed E-state index contributed by atoms with van der Waals surface area (Å²) in [4.78, 5) is 24.6. The number of esters is 1. The Kier molecular flexibility index (Phi) is 8.80. The van der Waals surface area contributed by atoms with E-state index in [0.29, 0.717) is 22.9 Å². The molecular formula is C22H25Cl2NO4. The van der Waals surface area contributed by atoms with E-state index >= 15 is 0 Å². The van der Waals surface area contributed by atoms with Crippen molar-refractivity contribution < 1.29 is 19.1 Å². The molecule has 1 N–H and O–H groups in total. The van der Waals surface area contributed by atoms with Crippen LogP contribution in [0.25, 0.3) is 0 Å². The van der Waals surface area contributed by atoms with Crippen LogP contribution < -0.4 is 5.32 Å². The molecule has 5 nitrogen and oxygen atoms in total. The number of nitrogens with one attached hydrogen (secondary N) is 1. The fourth-order valence-electron chi connectivity index (χ4n) is 2.95. The van der Waals surface area contributed by atoms with Crippen molar-refractivity contribution in [1.29, 1.82) is 0 Å². The number of benzene rings is 2. The molecule has 29 heavy (non-hydrogen) atoms. The van der Waals surface area contributed by atoms with Crippen molar-refractivity contribution in [2.45, 2.75) is 38.8 Å². The number of alkyl carbamates (subject to hydrolysis) is 1. The van der Waals surface area contributed by atoms with Crippen LogP contribution in [0.2, 0.25) is 10.0 Å². The minimum absolute atomic E-state index is 0.189. The van der Waals surface area contributed by atoms with Crippen LogP contribution in [0.4, 0.5) is 4.79 Å². The molecule has 0 aromatic heterocycles. The fourth-order valence-corrected chi connectivity index (χ4v) is 3.36. The summed E-state index contributed by atoms with van der Waals surface area (Å²) in [5.74, 6) is -0.320. The van der Waals surface area contributed by atoms with Crippen LogP contribution in [-0.2, 0) is 20.7 Å². The smallest absolute Gasteiger partial charge is 0.408 e. The molecule has 0 aliphatic rings. The van der Waals surface area contributed by atoms with Gasteiger partial charge in [-0.15, -0.1) is 0 Å². The van der Waals surface area contributed by atoms with Crippen molar-refractivity contribution in [3.05, 3.63) is 69.7 Å². The van der Waals surface area contributed by atoms with Gasteiger partial charge in [-0.1, -0.05) is 61.3 Å². The summed E-state index contributed by atoms with van der Waals surface area (Å²) < 4.78 is 10.5. The normalized spacial score (nSPS) is 12.9. The quantitative estimate of drug-likeness (QED) is 0.546. The molecule has 0 bridgehead atoms. The number of amides is 1. The summed E-state index contributed by atoms with van der Waals surface area (Å²) in [6, 6.07) is 13.7. The summed E-state index contributed by atoms with van der Waals surface area (Å²) in [7, 11) is 1.29. The van der Waals surface area contributed by atoms with Crippen LogP contribution >= 0.6 is 23.2 Å². The van der Waals surface area contributed by atoms with Gasteiger partial charge < -0.3 is 14.8 Å². The van der Waals surface area contributed by atoms with Gasteiger partial charge in [-0.25, -0.2) is 9.59 Å². The lowest BCUT2D eigenvalue weighted by Gasteiger charge is -2.22. The van der Waals surface area contributed by atoms with Gasteiger partial charge in [0.15, 0.2) is 0 Å². The van der Waals surface area contributed by atoms with Crippen LogP contribution in [0.15, 0.2) is 48.5 Å². The molecule has 2 rings (SSSR count). The number of methoxy groups -OCH3 is 1. The van der Waals surface area contributed by atoms with Gasteiger partial charge in [0.25, 0.3) is 0 Å². The molecule has 2 unspecified atom stereocenters. The molecule has 2 aromatic carbocycles. The molecule has 2 atom stereocenters.